The average molecular weight is 496 g/mol. The Balaban J connectivity index is 1.30. The van der Waals surface area contributed by atoms with Crippen LogP contribution in [0.15, 0.2) is 60.7 Å². The molecule has 5 rings (SSSR count). The van der Waals surface area contributed by atoms with Crippen LogP contribution in [-0.2, 0) is 11.0 Å². The molecule has 186 valence electrons. The van der Waals surface area contributed by atoms with Crippen molar-refractivity contribution in [1.29, 1.82) is 0 Å². The van der Waals surface area contributed by atoms with Crippen molar-refractivity contribution in [2.75, 3.05) is 31.5 Å². The molecule has 1 aliphatic carbocycles. The fourth-order valence-corrected chi connectivity index (χ4v) is 4.37. The summed E-state index contributed by atoms with van der Waals surface area (Å²) >= 11 is 0. The first-order chi connectivity index (χ1) is 17.2. The first-order valence-electron chi connectivity index (χ1n) is 11.8. The van der Waals surface area contributed by atoms with Crippen molar-refractivity contribution in [2.24, 2.45) is 5.92 Å². The van der Waals surface area contributed by atoms with E-state index in [1.807, 2.05) is 30.3 Å². The van der Waals surface area contributed by atoms with Gasteiger partial charge in [0.2, 0.25) is 5.91 Å². The van der Waals surface area contributed by atoms with Crippen LogP contribution in [0.4, 0.5) is 18.9 Å². The number of carbonyl (C=O) groups excluding carboxylic acids is 3. The summed E-state index contributed by atoms with van der Waals surface area (Å²) in [7, 11) is 0. The number of hydrogen-bond donors (Lipinski definition) is 1. The predicted molar refractivity (Wildman–Crippen MR) is 129 cm³/mol. The molecule has 3 amide bonds. The van der Waals surface area contributed by atoms with Gasteiger partial charge in [0.1, 0.15) is 0 Å². The number of amides is 3. The summed E-state index contributed by atoms with van der Waals surface area (Å²) in [5, 5.41) is 4.70. The third-order valence-electron chi connectivity index (χ3n) is 6.64. The standard InChI is InChI=1S/C27H24F3N3O3/c28-27(29,30)21-9-7-18(8-10-21)25(35)32-11-13-33(14-12-32)26(36)22-15-19-3-1-2-4-20(19)16-23(22)31-24(34)17-5-6-17/h1-4,7-10,15-17H,5-6,11-14H2,(H,31,34). The Bertz CT molecular complexity index is 1330. The number of alkyl halides is 3. The minimum Gasteiger partial charge on any atom is -0.335 e. The maximum atomic E-state index is 13.5. The number of rotatable bonds is 4. The van der Waals surface area contributed by atoms with Crippen molar-refractivity contribution >= 4 is 34.2 Å². The lowest BCUT2D eigenvalue weighted by Crippen LogP contribution is -2.50. The molecule has 3 aromatic carbocycles. The first kappa shape index (κ1) is 23.8. The largest absolute Gasteiger partial charge is 0.416 e. The molecule has 0 radical (unpaired) electrons. The Labute approximate surface area is 205 Å². The fraction of sp³-hybridized carbons (Fsp3) is 0.296. The van der Waals surface area contributed by atoms with Crippen molar-refractivity contribution in [3.8, 4) is 0 Å². The highest BCUT2D eigenvalue weighted by molar-refractivity contribution is 6.08. The summed E-state index contributed by atoms with van der Waals surface area (Å²) < 4.78 is 38.4. The zero-order chi connectivity index (χ0) is 25.4. The molecule has 0 atom stereocenters. The van der Waals surface area contributed by atoms with Crippen LogP contribution < -0.4 is 5.32 Å². The summed E-state index contributed by atoms with van der Waals surface area (Å²) in [6.07, 6.45) is -2.78. The molecule has 3 aromatic rings. The van der Waals surface area contributed by atoms with Crippen LogP contribution in [0.5, 0.6) is 0 Å². The number of nitrogens with zero attached hydrogens (tertiary/aromatic N) is 2. The van der Waals surface area contributed by atoms with E-state index in [9.17, 15) is 27.6 Å². The van der Waals surface area contributed by atoms with Gasteiger partial charge in [-0.1, -0.05) is 24.3 Å². The van der Waals surface area contributed by atoms with Gasteiger partial charge in [0, 0.05) is 37.7 Å². The zero-order valence-corrected chi connectivity index (χ0v) is 19.3. The molecule has 1 N–H and O–H groups in total. The Kier molecular flexibility index (Phi) is 6.15. The number of piperazine rings is 1. The van der Waals surface area contributed by atoms with Gasteiger partial charge in [-0.15, -0.1) is 0 Å². The van der Waals surface area contributed by atoms with Crippen LogP contribution in [0, 0.1) is 5.92 Å². The molecule has 1 aliphatic heterocycles. The monoisotopic (exact) mass is 495 g/mol. The molecule has 6 nitrogen and oxygen atoms in total. The van der Waals surface area contributed by atoms with E-state index in [0.717, 1.165) is 35.7 Å². The summed E-state index contributed by atoms with van der Waals surface area (Å²) in [6, 6.07) is 15.3. The second-order valence-electron chi connectivity index (χ2n) is 9.17. The van der Waals surface area contributed by atoms with Crippen LogP contribution in [0.3, 0.4) is 0 Å². The second kappa shape index (κ2) is 9.29. The van der Waals surface area contributed by atoms with Crippen molar-refractivity contribution in [2.45, 2.75) is 19.0 Å². The minimum atomic E-state index is -4.46. The number of fused-ring (bicyclic) bond motifs is 1. The smallest absolute Gasteiger partial charge is 0.335 e. The van der Waals surface area contributed by atoms with Crippen LogP contribution >= 0.6 is 0 Å². The van der Waals surface area contributed by atoms with E-state index in [4.69, 9.17) is 0 Å². The van der Waals surface area contributed by atoms with Gasteiger partial charge in [0.05, 0.1) is 16.8 Å². The van der Waals surface area contributed by atoms with Gasteiger partial charge in [-0.05, 0) is 60.0 Å². The van der Waals surface area contributed by atoms with Crippen molar-refractivity contribution in [3.63, 3.8) is 0 Å². The van der Waals surface area contributed by atoms with E-state index in [1.165, 1.54) is 17.0 Å². The molecule has 2 aliphatic rings. The van der Waals surface area contributed by atoms with E-state index >= 15 is 0 Å². The van der Waals surface area contributed by atoms with Crippen LogP contribution in [0.1, 0.15) is 39.1 Å². The van der Waals surface area contributed by atoms with Gasteiger partial charge in [0.25, 0.3) is 11.8 Å². The lowest BCUT2D eigenvalue weighted by atomic mass is 10.0. The number of carbonyl (C=O) groups is 3. The molecule has 1 heterocycles. The zero-order valence-electron chi connectivity index (χ0n) is 19.3. The Hall–Kier alpha value is -3.88. The highest BCUT2D eigenvalue weighted by atomic mass is 19.4. The number of anilines is 1. The van der Waals surface area contributed by atoms with Gasteiger partial charge in [-0.3, -0.25) is 14.4 Å². The normalized spacial score (nSPS) is 16.2. The molecule has 1 saturated heterocycles. The molecule has 9 heteroatoms. The third kappa shape index (κ3) is 4.91. The van der Waals surface area contributed by atoms with E-state index in [1.54, 1.807) is 11.0 Å². The van der Waals surface area contributed by atoms with Crippen LogP contribution in [0.2, 0.25) is 0 Å². The summed E-state index contributed by atoms with van der Waals surface area (Å²) in [6.45, 7) is 1.05. The molecule has 0 aromatic heterocycles. The Morgan fingerprint density at radius 2 is 1.33 bits per heavy atom. The van der Waals surface area contributed by atoms with E-state index in [2.05, 4.69) is 5.32 Å². The van der Waals surface area contributed by atoms with Crippen molar-refractivity contribution in [1.82, 2.24) is 9.80 Å². The summed E-state index contributed by atoms with van der Waals surface area (Å²) in [5.74, 6) is -0.724. The molecule has 1 saturated carbocycles. The molecular weight excluding hydrogens is 471 g/mol. The molecular formula is C27H24F3N3O3. The second-order valence-corrected chi connectivity index (χ2v) is 9.17. The quantitative estimate of drug-likeness (QED) is 0.565. The van der Waals surface area contributed by atoms with Gasteiger partial charge in [-0.25, -0.2) is 0 Å². The van der Waals surface area contributed by atoms with Crippen LogP contribution in [-0.4, -0.2) is 53.7 Å². The SMILES string of the molecule is O=C(Nc1cc2ccccc2cc1C(=O)N1CCN(C(=O)c2ccc(C(F)(F)F)cc2)CC1)C1CC1. The van der Waals surface area contributed by atoms with Crippen molar-refractivity contribution in [3.05, 3.63) is 77.4 Å². The Morgan fingerprint density at radius 1 is 0.778 bits per heavy atom. The van der Waals surface area contributed by atoms with Crippen LogP contribution in [0.25, 0.3) is 10.8 Å². The van der Waals surface area contributed by atoms with E-state index in [0.29, 0.717) is 11.3 Å². The number of benzene rings is 3. The maximum Gasteiger partial charge on any atom is 0.416 e. The molecule has 0 spiro atoms. The molecule has 0 unspecified atom stereocenters. The van der Waals surface area contributed by atoms with E-state index in [-0.39, 0.29) is 55.4 Å². The van der Waals surface area contributed by atoms with E-state index < -0.39 is 11.7 Å². The number of halogens is 3. The average Bonchev–Trinajstić information content (AvgIpc) is 3.73. The summed E-state index contributed by atoms with van der Waals surface area (Å²) in [4.78, 5) is 41.9. The highest BCUT2D eigenvalue weighted by Crippen LogP contribution is 2.33. The molecule has 0 bridgehead atoms. The summed E-state index contributed by atoms with van der Waals surface area (Å²) in [5.41, 5.74) is 0.223. The highest BCUT2D eigenvalue weighted by Gasteiger charge is 2.33. The third-order valence-corrected chi connectivity index (χ3v) is 6.64. The van der Waals surface area contributed by atoms with Crippen molar-refractivity contribution < 1.29 is 27.6 Å². The fourth-order valence-electron chi connectivity index (χ4n) is 4.37. The van der Waals surface area contributed by atoms with Gasteiger partial charge < -0.3 is 15.1 Å². The predicted octanol–water partition coefficient (Wildman–Crippen LogP) is 4.81. The molecule has 36 heavy (non-hydrogen) atoms. The first-order valence-corrected chi connectivity index (χ1v) is 11.8. The molecule has 2 fully saturated rings. The number of hydrogen-bond acceptors (Lipinski definition) is 3. The lowest BCUT2D eigenvalue weighted by Gasteiger charge is -2.35. The van der Waals surface area contributed by atoms with Gasteiger partial charge in [-0.2, -0.15) is 13.2 Å². The van der Waals surface area contributed by atoms with Gasteiger partial charge in [0.15, 0.2) is 0 Å². The topological polar surface area (TPSA) is 69.7 Å². The lowest BCUT2D eigenvalue weighted by molar-refractivity contribution is -0.137. The number of nitrogens with one attached hydrogen (secondary N) is 1. The maximum absolute atomic E-state index is 13.5. The van der Waals surface area contributed by atoms with Gasteiger partial charge >= 0.3 is 6.18 Å². The Morgan fingerprint density at radius 3 is 1.89 bits per heavy atom. The minimum absolute atomic E-state index is 0.0147.